The zero-order valence-electron chi connectivity index (χ0n) is 13.8. The van der Waals surface area contributed by atoms with Gasteiger partial charge in [0.2, 0.25) is 10.0 Å². The van der Waals surface area contributed by atoms with Crippen LogP contribution in [0.5, 0.6) is 5.75 Å². The molecule has 0 fully saturated rings. The quantitative estimate of drug-likeness (QED) is 0.631. The molecule has 1 rings (SSSR count). The number of alkyl halides is 3. The van der Waals surface area contributed by atoms with Crippen molar-refractivity contribution in [1.29, 1.82) is 0 Å². The normalized spacial score (nSPS) is 13.0. The highest BCUT2D eigenvalue weighted by Crippen LogP contribution is 2.23. The number of rotatable bonds is 8. The molecule has 0 saturated carbocycles. The molecule has 0 spiro atoms. The van der Waals surface area contributed by atoms with Gasteiger partial charge in [0.05, 0.1) is 4.90 Å². The first-order valence-corrected chi connectivity index (χ1v) is 8.75. The van der Waals surface area contributed by atoms with Crippen LogP contribution in [0.15, 0.2) is 29.2 Å². The topological polar surface area (TPSA) is 111 Å². The number of amides is 1. The van der Waals surface area contributed by atoms with Crippen LogP contribution in [0.2, 0.25) is 0 Å². The molecule has 0 unspecified atom stereocenters. The average Bonchev–Trinajstić information content (AvgIpc) is 2.52. The number of hydrogen-bond acceptors (Lipinski definition) is 6. The van der Waals surface area contributed by atoms with Crippen molar-refractivity contribution >= 4 is 21.9 Å². The lowest BCUT2D eigenvalue weighted by Gasteiger charge is -2.13. The highest BCUT2D eigenvalue weighted by atomic mass is 32.2. The van der Waals surface area contributed by atoms with Gasteiger partial charge in [-0.2, -0.15) is 4.72 Å². The van der Waals surface area contributed by atoms with Gasteiger partial charge in [0.1, 0.15) is 12.3 Å². The number of nitrogens with one attached hydrogen (secondary N) is 2. The van der Waals surface area contributed by atoms with Gasteiger partial charge < -0.3 is 14.8 Å². The van der Waals surface area contributed by atoms with E-state index in [4.69, 9.17) is 4.74 Å². The van der Waals surface area contributed by atoms with E-state index in [1.165, 1.54) is 6.92 Å². The Kier molecular flexibility index (Phi) is 7.39. The number of likely N-dealkylation sites (N-methyl/N-ethyl adjacent to an activating group) is 1. The molecule has 26 heavy (non-hydrogen) atoms. The van der Waals surface area contributed by atoms with Gasteiger partial charge in [-0.1, -0.05) is 0 Å². The number of halogens is 3. The van der Waals surface area contributed by atoms with E-state index in [1.54, 1.807) is 6.92 Å². The van der Waals surface area contributed by atoms with Crippen LogP contribution in [0.1, 0.15) is 13.8 Å². The predicted molar refractivity (Wildman–Crippen MR) is 82.6 cm³/mol. The summed E-state index contributed by atoms with van der Waals surface area (Å²) >= 11 is 0. The largest absolute Gasteiger partial charge is 0.573 e. The molecule has 0 aromatic heterocycles. The summed E-state index contributed by atoms with van der Waals surface area (Å²) in [7, 11) is -4.17. The van der Waals surface area contributed by atoms with Crippen LogP contribution in [-0.4, -0.2) is 45.9 Å². The molecule has 1 aromatic rings. The Morgan fingerprint density at radius 3 is 2.27 bits per heavy atom. The molecule has 0 aliphatic rings. The second-order valence-electron chi connectivity index (χ2n) is 4.87. The van der Waals surface area contributed by atoms with Gasteiger partial charge in [0.15, 0.2) is 6.10 Å². The lowest BCUT2D eigenvalue weighted by Crippen LogP contribution is -2.38. The molecule has 0 bridgehead atoms. The van der Waals surface area contributed by atoms with E-state index in [-0.39, 0.29) is 4.90 Å². The van der Waals surface area contributed by atoms with Gasteiger partial charge in [-0.3, -0.25) is 9.59 Å². The summed E-state index contributed by atoms with van der Waals surface area (Å²) in [6, 6.07) is 3.40. The van der Waals surface area contributed by atoms with E-state index in [0.717, 1.165) is 24.3 Å². The van der Waals surface area contributed by atoms with Crippen LogP contribution >= 0.6 is 0 Å². The third kappa shape index (κ3) is 7.27. The summed E-state index contributed by atoms with van der Waals surface area (Å²) in [6.07, 6.45) is -6.01. The summed E-state index contributed by atoms with van der Waals surface area (Å²) in [4.78, 5) is 22.6. The molecule has 2 N–H and O–H groups in total. The van der Waals surface area contributed by atoms with Crippen molar-refractivity contribution in [3.8, 4) is 5.75 Å². The van der Waals surface area contributed by atoms with Crippen LogP contribution in [0.25, 0.3) is 0 Å². The van der Waals surface area contributed by atoms with Crippen LogP contribution in [0, 0.1) is 0 Å². The second kappa shape index (κ2) is 8.85. The number of esters is 1. The minimum Gasteiger partial charge on any atom is -0.452 e. The Balaban J connectivity index is 2.63. The highest BCUT2D eigenvalue weighted by molar-refractivity contribution is 7.89. The number of sulfonamides is 1. The summed E-state index contributed by atoms with van der Waals surface area (Å²) in [5.41, 5.74) is 0. The molecule has 0 saturated heterocycles. The maximum Gasteiger partial charge on any atom is 0.573 e. The highest BCUT2D eigenvalue weighted by Gasteiger charge is 2.31. The van der Waals surface area contributed by atoms with Gasteiger partial charge in [0, 0.05) is 6.54 Å². The van der Waals surface area contributed by atoms with Crippen LogP contribution in [0.4, 0.5) is 13.2 Å². The number of carbonyl (C=O) groups is 2. The van der Waals surface area contributed by atoms with Crippen molar-refractivity contribution in [3.63, 3.8) is 0 Å². The van der Waals surface area contributed by atoms with Crippen LogP contribution in [-0.2, 0) is 24.3 Å². The lowest BCUT2D eigenvalue weighted by molar-refractivity contribution is -0.274. The monoisotopic (exact) mass is 398 g/mol. The van der Waals surface area contributed by atoms with E-state index < -0.39 is 46.7 Å². The fraction of sp³-hybridized carbons (Fsp3) is 0.429. The molecule has 0 aliphatic heterocycles. The van der Waals surface area contributed by atoms with E-state index in [0.29, 0.717) is 6.54 Å². The van der Waals surface area contributed by atoms with Crippen molar-refractivity contribution < 1.29 is 40.7 Å². The van der Waals surface area contributed by atoms with Gasteiger partial charge >= 0.3 is 12.3 Å². The molecular formula is C14H17F3N2O6S. The fourth-order valence-electron chi connectivity index (χ4n) is 1.67. The second-order valence-corrected chi connectivity index (χ2v) is 6.64. The van der Waals surface area contributed by atoms with Gasteiger partial charge in [0.25, 0.3) is 5.91 Å². The number of benzene rings is 1. The average molecular weight is 398 g/mol. The molecule has 0 aliphatic carbocycles. The Morgan fingerprint density at radius 2 is 1.77 bits per heavy atom. The van der Waals surface area contributed by atoms with E-state index in [9.17, 15) is 31.2 Å². The number of hydrogen-bond donors (Lipinski definition) is 2. The van der Waals surface area contributed by atoms with Crippen LogP contribution < -0.4 is 14.8 Å². The summed E-state index contributed by atoms with van der Waals surface area (Å²) in [5.74, 6) is -2.13. The Morgan fingerprint density at radius 1 is 1.19 bits per heavy atom. The number of carbonyl (C=O) groups excluding carboxylic acids is 2. The lowest BCUT2D eigenvalue weighted by atomic mass is 10.3. The SMILES string of the molecule is CCNC(=O)[C@H](C)OC(=O)CNS(=O)(=O)c1ccc(OC(F)(F)F)cc1. The molecule has 8 nitrogen and oxygen atoms in total. The zero-order valence-corrected chi connectivity index (χ0v) is 14.6. The fourth-order valence-corrected chi connectivity index (χ4v) is 2.64. The third-order valence-electron chi connectivity index (χ3n) is 2.80. The van der Waals surface area contributed by atoms with Crippen molar-refractivity contribution in [2.75, 3.05) is 13.1 Å². The van der Waals surface area contributed by atoms with Crippen molar-refractivity contribution in [2.45, 2.75) is 31.2 Å². The standard InChI is InChI=1S/C14H17F3N2O6S/c1-3-18-13(21)9(2)24-12(20)8-19-26(22,23)11-6-4-10(5-7-11)25-14(15,16)17/h4-7,9,19H,3,8H2,1-2H3,(H,18,21)/t9-/m0/s1. The minimum absolute atomic E-state index is 0.335. The van der Waals surface area contributed by atoms with Crippen molar-refractivity contribution in [3.05, 3.63) is 24.3 Å². The molecule has 0 heterocycles. The number of ether oxygens (including phenoxy) is 2. The zero-order chi connectivity index (χ0) is 20.0. The molecule has 12 heteroatoms. The first-order chi connectivity index (χ1) is 11.9. The first-order valence-electron chi connectivity index (χ1n) is 7.27. The minimum atomic E-state index is -4.90. The molecule has 146 valence electrons. The Hall–Kier alpha value is -2.34. The van der Waals surface area contributed by atoms with E-state index in [2.05, 4.69) is 10.1 Å². The molecule has 1 atom stereocenters. The summed E-state index contributed by atoms with van der Waals surface area (Å²) in [6.45, 7) is 2.57. The molecule has 1 aromatic carbocycles. The third-order valence-corrected chi connectivity index (χ3v) is 4.22. The van der Waals surface area contributed by atoms with Gasteiger partial charge in [-0.25, -0.2) is 8.42 Å². The summed E-state index contributed by atoms with van der Waals surface area (Å²) < 4.78 is 70.5. The predicted octanol–water partition coefficient (Wildman–Crippen LogP) is 0.931. The van der Waals surface area contributed by atoms with Gasteiger partial charge in [-0.05, 0) is 38.1 Å². The maximum atomic E-state index is 12.1. The molecular weight excluding hydrogens is 381 g/mol. The van der Waals surface area contributed by atoms with Crippen LogP contribution in [0.3, 0.4) is 0 Å². The van der Waals surface area contributed by atoms with Crippen molar-refractivity contribution in [1.82, 2.24) is 10.0 Å². The Labute approximate surface area is 147 Å². The maximum absolute atomic E-state index is 12.1. The van der Waals surface area contributed by atoms with E-state index >= 15 is 0 Å². The Bertz CT molecular complexity index is 734. The smallest absolute Gasteiger partial charge is 0.452 e. The van der Waals surface area contributed by atoms with Crippen molar-refractivity contribution in [2.24, 2.45) is 0 Å². The molecule has 0 radical (unpaired) electrons. The summed E-state index contributed by atoms with van der Waals surface area (Å²) in [5, 5.41) is 2.42. The van der Waals surface area contributed by atoms with Gasteiger partial charge in [-0.15, -0.1) is 13.2 Å². The first kappa shape index (κ1) is 21.7. The van der Waals surface area contributed by atoms with E-state index in [1.807, 2.05) is 4.72 Å². The molecule has 1 amide bonds.